The van der Waals surface area contributed by atoms with Gasteiger partial charge in [0.05, 0.1) is 6.61 Å². The maximum absolute atomic E-state index is 5.74. The fraction of sp³-hybridized carbons (Fsp3) is 0.375. The van der Waals surface area contributed by atoms with Crippen molar-refractivity contribution in [2.24, 2.45) is 0 Å². The monoisotopic (exact) mass is 291 g/mol. The molecule has 0 aliphatic heterocycles. The molecule has 2 rings (SSSR count). The quantitative estimate of drug-likeness (QED) is 0.719. The molecule has 2 aromatic rings. The molecule has 0 spiro atoms. The number of thiophene rings is 1. The lowest BCUT2D eigenvalue weighted by Gasteiger charge is -2.11. The van der Waals surface area contributed by atoms with Crippen LogP contribution >= 0.6 is 11.3 Å². The Morgan fingerprint density at radius 3 is 2.50 bits per heavy atom. The molecule has 1 aromatic heterocycles. The molecule has 0 aliphatic rings. The molecule has 0 atom stereocenters. The normalized spacial score (nSPS) is 10.4. The highest BCUT2D eigenvalue weighted by atomic mass is 32.1. The van der Waals surface area contributed by atoms with E-state index in [2.05, 4.69) is 22.8 Å². The molecule has 4 heteroatoms. The van der Waals surface area contributed by atoms with Gasteiger partial charge in [-0.15, -0.1) is 11.3 Å². The summed E-state index contributed by atoms with van der Waals surface area (Å²) in [6, 6.07) is 12.0. The molecule has 0 unspecified atom stereocenters. The van der Waals surface area contributed by atoms with E-state index in [1.54, 1.807) is 11.3 Å². The summed E-state index contributed by atoms with van der Waals surface area (Å²) in [5.41, 5.74) is 0. The lowest BCUT2D eigenvalue weighted by Crippen LogP contribution is -2.23. The van der Waals surface area contributed by atoms with E-state index in [4.69, 9.17) is 9.47 Å². The van der Waals surface area contributed by atoms with Crippen LogP contribution in [0.25, 0.3) is 0 Å². The predicted octanol–water partition coefficient (Wildman–Crippen LogP) is 3.36. The molecular weight excluding hydrogens is 270 g/mol. The first-order valence-corrected chi connectivity index (χ1v) is 7.86. The highest BCUT2D eigenvalue weighted by Gasteiger charge is 2.02. The standard InChI is InChI=1S/C16H21NO2S/c1-2-18-15-7-3-4-8-16(15)19-12-11-17-10-9-14-6-5-13-20-14/h3-8,13,17H,2,9-12H2,1H3. The minimum atomic E-state index is 0.647. The van der Waals surface area contributed by atoms with E-state index in [-0.39, 0.29) is 0 Å². The summed E-state index contributed by atoms with van der Waals surface area (Å²) in [5, 5.41) is 5.50. The van der Waals surface area contributed by atoms with Gasteiger partial charge in [-0.25, -0.2) is 0 Å². The van der Waals surface area contributed by atoms with Gasteiger partial charge < -0.3 is 14.8 Å². The van der Waals surface area contributed by atoms with Crippen LogP contribution in [0, 0.1) is 0 Å². The zero-order valence-electron chi connectivity index (χ0n) is 11.8. The van der Waals surface area contributed by atoms with Crippen molar-refractivity contribution < 1.29 is 9.47 Å². The van der Waals surface area contributed by atoms with Gasteiger partial charge in [0.25, 0.3) is 0 Å². The minimum Gasteiger partial charge on any atom is -0.490 e. The van der Waals surface area contributed by atoms with E-state index in [0.717, 1.165) is 31.0 Å². The second-order valence-corrected chi connectivity index (χ2v) is 5.34. The second-order valence-electron chi connectivity index (χ2n) is 4.31. The topological polar surface area (TPSA) is 30.5 Å². The summed E-state index contributed by atoms with van der Waals surface area (Å²) in [4.78, 5) is 1.42. The third-order valence-corrected chi connectivity index (χ3v) is 3.75. The molecule has 0 bridgehead atoms. The van der Waals surface area contributed by atoms with Crippen molar-refractivity contribution in [3.63, 3.8) is 0 Å². The average molecular weight is 291 g/mol. The van der Waals surface area contributed by atoms with Crippen molar-refractivity contribution in [1.82, 2.24) is 5.32 Å². The summed E-state index contributed by atoms with van der Waals surface area (Å²) in [6.07, 6.45) is 1.08. The van der Waals surface area contributed by atoms with Gasteiger partial charge in [0, 0.05) is 18.0 Å². The molecule has 1 aromatic carbocycles. The second kappa shape index (κ2) is 8.61. The van der Waals surface area contributed by atoms with Crippen molar-refractivity contribution in [2.45, 2.75) is 13.3 Å². The lowest BCUT2D eigenvalue weighted by atomic mass is 10.3. The van der Waals surface area contributed by atoms with Gasteiger partial charge in [0.15, 0.2) is 11.5 Å². The van der Waals surface area contributed by atoms with Crippen LogP contribution in [0.3, 0.4) is 0 Å². The first-order valence-electron chi connectivity index (χ1n) is 6.98. The van der Waals surface area contributed by atoms with Crippen LogP contribution in [-0.4, -0.2) is 26.3 Å². The Morgan fingerprint density at radius 2 is 1.80 bits per heavy atom. The number of hydrogen-bond acceptors (Lipinski definition) is 4. The Hall–Kier alpha value is -1.52. The third-order valence-electron chi connectivity index (χ3n) is 2.81. The zero-order chi connectivity index (χ0) is 14.0. The van der Waals surface area contributed by atoms with Crippen LogP contribution < -0.4 is 14.8 Å². The number of rotatable bonds is 9. The third kappa shape index (κ3) is 4.87. The zero-order valence-corrected chi connectivity index (χ0v) is 12.6. The van der Waals surface area contributed by atoms with E-state index >= 15 is 0 Å². The molecule has 0 saturated heterocycles. The molecule has 1 heterocycles. The number of benzene rings is 1. The Kier molecular flexibility index (Phi) is 6.41. The molecular formula is C16H21NO2S. The minimum absolute atomic E-state index is 0.647. The molecule has 0 saturated carbocycles. The predicted molar refractivity (Wildman–Crippen MR) is 84.0 cm³/mol. The van der Waals surface area contributed by atoms with Crippen LogP contribution in [0.15, 0.2) is 41.8 Å². The van der Waals surface area contributed by atoms with E-state index in [9.17, 15) is 0 Å². The van der Waals surface area contributed by atoms with Crippen LogP contribution in [0.1, 0.15) is 11.8 Å². The van der Waals surface area contributed by atoms with Crippen LogP contribution in [-0.2, 0) is 6.42 Å². The Morgan fingerprint density at radius 1 is 1.00 bits per heavy atom. The number of hydrogen-bond donors (Lipinski definition) is 1. The van der Waals surface area contributed by atoms with Crippen molar-refractivity contribution in [3.8, 4) is 11.5 Å². The first kappa shape index (κ1) is 14.9. The molecule has 0 amide bonds. The van der Waals surface area contributed by atoms with E-state index in [1.807, 2.05) is 31.2 Å². The average Bonchev–Trinajstić information content (AvgIpc) is 2.98. The molecule has 108 valence electrons. The van der Waals surface area contributed by atoms with Crippen molar-refractivity contribution in [1.29, 1.82) is 0 Å². The largest absolute Gasteiger partial charge is 0.490 e. The van der Waals surface area contributed by atoms with Gasteiger partial charge in [-0.2, -0.15) is 0 Å². The fourth-order valence-electron chi connectivity index (χ4n) is 1.87. The van der Waals surface area contributed by atoms with Crippen molar-refractivity contribution >= 4 is 11.3 Å². The van der Waals surface area contributed by atoms with Gasteiger partial charge in [-0.1, -0.05) is 18.2 Å². The van der Waals surface area contributed by atoms with Gasteiger partial charge in [0.1, 0.15) is 6.61 Å². The van der Waals surface area contributed by atoms with Gasteiger partial charge in [-0.05, 0) is 36.9 Å². The maximum atomic E-state index is 5.74. The van der Waals surface area contributed by atoms with Gasteiger partial charge >= 0.3 is 0 Å². The summed E-state index contributed by atoms with van der Waals surface area (Å²) >= 11 is 1.80. The first-order chi connectivity index (χ1) is 9.90. The summed E-state index contributed by atoms with van der Waals surface area (Å²) in [5.74, 6) is 1.63. The number of ether oxygens (including phenoxy) is 2. The number of nitrogens with one attached hydrogen (secondary N) is 1. The fourth-order valence-corrected chi connectivity index (χ4v) is 2.58. The van der Waals surface area contributed by atoms with E-state index in [1.165, 1.54) is 4.88 Å². The van der Waals surface area contributed by atoms with Gasteiger partial charge in [-0.3, -0.25) is 0 Å². The highest BCUT2D eigenvalue weighted by molar-refractivity contribution is 7.09. The number of para-hydroxylation sites is 2. The molecule has 1 N–H and O–H groups in total. The Labute approximate surface area is 124 Å². The summed E-state index contributed by atoms with van der Waals surface area (Å²) < 4.78 is 11.3. The van der Waals surface area contributed by atoms with E-state index in [0.29, 0.717) is 13.2 Å². The Balaban J connectivity index is 1.63. The molecule has 0 radical (unpaired) electrons. The summed E-state index contributed by atoms with van der Waals surface area (Å²) in [6.45, 7) is 5.10. The smallest absolute Gasteiger partial charge is 0.161 e. The highest BCUT2D eigenvalue weighted by Crippen LogP contribution is 2.25. The van der Waals surface area contributed by atoms with Crippen LogP contribution in [0.2, 0.25) is 0 Å². The SMILES string of the molecule is CCOc1ccccc1OCCNCCc1cccs1. The Bertz CT molecular complexity index is 485. The lowest BCUT2D eigenvalue weighted by molar-refractivity contribution is 0.276. The van der Waals surface area contributed by atoms with Gasteiger partial charge in [0.2, 0.25) is 0 Å². The molecule has 0 aliphatic carbocycles. The molecule has 3 nitrogen and oxygen atoms in total. The van der Waals surface area contributed by atoms with E-state index < -0.39 is 0 Å². The van der Waals surface area contributed by atoms with Crippen molar-refractivity contribution in [3.05, 3.63) is 46.7 Å². The van der Waals surface area contributed by atoms with Crippen LogP contribution in [0.4, 0.5) is 0 Å². The molecule has 0 fully saturated rings. The molecule has 20 heavy (non-hydrogen) atoms. The van der Waals surface area contributed by atoms with Crippen molar-refractivity contribution in [2.75, 3.05) is 26.3 Å². The maximum Gasteiger partial charge on any atom is 0.161 e. The summed E-state index contributed by atoms with van der Waals surface area (Å²) in [7, 11) is 0. The van der Waals surface area contributed by atoms with Crippen LogP contribution in [0.5, 0.6) is 11.5 Å².